The summed E-state index contributed by atoms with van der Waals surface area (Å²) in [6.07, 6.45) is 2.32. The zero-order valence-electron chi connectivity index (χ0n) is 23.5. The van der Waals surface area contributed by atoms with Crippen LogP contribution in [0, 0.1) is 18.3 Å². The molecule has 0 spiro atoms. The second-order valence-electron chi connectivity index (χ2n) is 9.56. The molecule has 12 heteroatoms. The molecule has 5 rings (SSSR count). The molecule has 42 heavy (non-hydrogen) atoms. The summed E-state index contributed by atoms with van der Waals surface area (Å²) in [7, 11) is 4.77. The van der Waals surface area contributed by atoms with Crippen LogP contribution in [0.5, 0.6) is 23.0 Å². The number of hydrogen-bond donors (Lipinski definition) is 1. The van der Waals surface area contributed by atoms with Crippen molar-refractivity contribution in [3.63, 3.8) is 0 Å². The molecule has 1 saturated heterocycles. The minimum absolute atomic E-state index is 0.0185. The molecule has 0 saturated carbocycles. The van der Waals surface area contributed by atoms with E-state index >= 15 is 0 Å². The molecule has 1 amide bonds. The zero-order valence-corrected chi connectivity index (χ0v) is 25.1. The van der Waals surface area contributed by atoms with Crippen LogP contribution in [-0.2, 0) is 24.8 Å². The predicted octanol–water partition coefficient (Wildman–Crippen LogP) is 4.37. The SMILES string of the molecule is COc1ccc(CCNc2c(/C=C3/SC(=S)N(Cc4ccc5c(c4)OCO5)C3=O)c(C)c(C#N)c(=O)n2C)cc1OC. The Labute approximate surface area is 252 Å². The van der Waals surface area contributed by atoms with Crippen LogP contribution in [-0.4, -0.2) is 47.3 Å². The average Bonchev–Trinajstić information content (AvgIpc) is 3.57. The molecule has 0 bridgehead atoms. The summed E-state index contributed by atoms with van der Waals surface area (Å²) in [5.74, 6) is 2.79. The largest absolute Gasteiger partial charge is 0.493 e. The molecule has 1 N–H and O–H groups in total. The van der Waals surface area contributed by atoms with Gasteiger partial charge in [0.1, 0.15) is 21.8 Å². The van der Waals surface area contributed by atoms with E-state index in [1.807, 2.05) is 42.5 Å². The molecule has 2 aromatic carbocycles. The van der Waals surface area contributed by atoms with E-state index in [1.54, 1.807) is 34.3 Å². The monoisotopic (exact) mass is 604 g/mol. The van der Waals surface area contributed by atoms with Crippen molar-refractivity contribution < 1.29 is 23.7 Å². The number of thioether (sulfide) groups is 1. The molecule has 3 heterocycles. The van der Waals surface area contributed by atoms with Gasteiger partial charge in [-0.3, -0.25) is 19.1 Å². The first-order valence-corrected chi connectivity index (χ1v) is 14.2. The van der Waals surface area contributed by atoms with Crippen molar-refractivity contribution in [2.24, 2.45) is 7.05 Å². The van der Waals surface area contributed by atoms with Gasteiger partial charge >= 0.3 is 0 Å². The molecular formula is C30H28N4O6S2. The number of carbonyl (C=O) groups excluding carboxylic acids is 1. The minimum atomic E-state index is -0.420. The Morgan fingerprint density at radius 2 is 1.83 bits per heavy atom. The number of ether oxygens (including phenoxy) is 4. The smallest absolute Gasteiger partial charge is 0.270 e. The van der Waals surface area contributed by atoms with Crippen molar-refractivity contribution in [2.45, 2.75) is 19.9 Å². The van der Waals surface area contributed by atoms with Crippen molar-refractivity contribution in [1.29, 1.82) is 5.26 Å². The van der Waals surface area contributed by atoms with E-state index < -0.39 is 5.56 Å². The van der Waals surface area contributed by atoms with E-state index in [1.165, 1.54) is 21.2 Å². The number of anilines is 1. The predicted molar refractivity (Wildman–Crippen MR) is 164 cm³/mol. The van der Waals surface area contributed by atoms with Gasteiger partial charge in [0.25, 0.3) is 11.5 Å². The molecule has 1 aromatic heterocycles. The molecule has 1 fully saturated rings. The van der Waals surface area contributed by atoms with Crippen molar-refractivity contribution >= 4 is 46.1 Å². The van der Waals surface area contributed by atoms with E-state index in [2.05, 4.69) is 5.32 Å². The van der Waals surface area contributed by atoms with Gasteiger partial charge in [-0.1, -0.05) is 36.1 Å². The maximum absolute atomic E-state index is 13.5. The highest BCUT2D eigenvalue weighted by atomic mass is 32.2. The van der Waals surface area contributed by atoms with E-state index in [0.29, 0.717) is 62.1 Å². The van der Waals surface area contributed by atoms with Gasteiger partial charge in [-0.15, -0.1) is 0 Å². The van der Waals surface area contributed by atoms with Crippen LogP contribution in [0.4, 0.5) is 5.82 Å². The fraction of sp³-hybridized carbons (Fsp3) is 0.267. The third kappa shape index (κ3) is 5.53. The molecule has 0 atom stereocenters. The second kappa shape index (κ2) is 12.2. The number of nitriles is 1. The first-order valence-electron chi connectivity index (χ1n) is 13.0. The van der Waals surface area contributed by atoms with Crippen LogP contribution >= 0.6 is 24.0 Å². The lowest BCUT2D eigenvalue weighted by atomic mass is 10.0. The fourth-order valence-electron chi connectivity index (χ4n) is 4.80. The number of fused-ring (bicyclic) bond motifs is 1. The van der Waals surface area contributed by atoms with Crippen LogP contribution in [0.3, 0.4) is 0 Å². The number of pyridine rings is 1. The molecular weight excluding hydrogens is 576 g/mol. The van der Waals surface area contributed by atoms with Crippen molar-refractivity contribution in [3.8, 4) is 29.1 Å². The lowest BCUT2D eigenvalue weighted by Crippen LogP contribution is -2.27. The molecule has 2 aliphatic heterocycles. The zero-order chi connectivity index (χ0) is 30.0. The number of benzene rings is 2. The lowest BCUT2D eigenvalue weighted by Gasteiger charge is -2.18. The lowest BCUT2D eigenvalue weighted by molar-refractivity contribution is -0.122. The summed E-state index contributed by atoms with van der Waals surface area (Å²) >= 11 is 6.74. The molecule has 216 valence electrons. The number of methoxy groups -OCH3 is 2. The number of rotatable bonds is 9. The van der Waals surface area contributed by atoms with Crippen LogP contribution in [0.2, 0.25) is 0 Å². The molecule has 0 radical (unpaired) electrons. The maximum atomic E-state index is 13.5. The Morgan fingerprint density at radius 1 is 1.10 bits per heavy atom. The highest BCUT2D eigenvalue weighted by Gasteiger charge is 2.33. The highest BCUT2D eigenvalue weighted by Crippen LogP contribution is 2.37. The number of thiocarbonyl (C=S) groups is 1. The first-order chi connectivity index (χ1) is 20.2. The quantitative estimate of drug-likeness (QED) is 0.279. The number of carbonyl (C=O) groups is 1. The summed E-state index contributed by atoms with van der Waals surface area (Å²) < 4.78 is 23.4. The van der Waals surface area contributed by atoms with Gasteiger partial charge < -0.3 is 24.3 Å². The average molecular weight is 605 g/mol. The summed E-state index contributed by atoms with van der Waals surface area (Å²) in [6, 6.07) is 13.2. The number of amides is 1. The second-order valence-corrected chi connectivity index (χ2v) is 11.2. The van der Waals surface area contributed by atoms with Crippen LogP contribution in [0.1, 0.15) is 27.8 Å². The highest BCUT2D eigenvalue weighted by molar-refractivity contribution is 8.26. The van der Waals surface area contributed by atoms with Crippen molar-refractivity contribution in [1.82, 2.24) is 9.47 Å². The third-order valence-corrected chi connectivity index (χ3v) is 8.46. The molecule has 0 aliphatic carbocycles. The Morgan fingerprint density at radius 3 is 2.57 bits per heavy atom. The Bertz CT molecular complexity index is 1730. The van der Waals surface area contributed by atoms with E-state index in [4.69, 9.17) is 31.2 Å². The number of hydrogen-bond acceptors (Lipinski definition) is 10. The minimum Gasteiger partial charge on any atom is -0.493 e. The Kier molecular flexibility index (Phi) is 8.42. The van der Waals surface area contributed by atoms with E-state index in [9.17, 15) is 14.9 Å². The van der Waals surface area contributed by atoms with Gasteiger partial charge in [0.2, 0.25) is 6.79 Å². The Balaban J connectivity index is 1.42. The van der Waals surface area contributed by atoms with Gasteiger partial charge in [-0.25, -0.2) is 0 Å². The molecule has 2 aliphatic rings. The van der Waals surface area contributed by atoms with Gasteiger partial charge in [0, 0.05) is 19.2 Å². The summed E-state index contributed by atoms with van der Waals surface area (Å²) in [5, 5.41) is 13.1. The van der Waals surface area contributed by atoms with Crippen LogP contribution < -0.4 is 29.8 Å². The van der Waals surface area contributed by atoms with Gasteiger partial charge in [0.15, 0.2) is 23.0 Å². The summed E-state index contributed by atoms with van der Waals surface area (Å²) in [4.78, 5) is 28.4. The molecule has 0 unspecified atom stereocenters. The first kappa shape index (κ1) is 29.0. The number of aromatic nitrogens is 1. The topological polar surface area (TPSA) is 115 Å². The number of nitrogens with one attached hydrogen (secondary N) is 1. The van der Waals surface area contributed by atoms with Crippen LogP contribution in [0.25, 0.3) is 6.08 Å². The summed E-state index contributed by atoms with van der Waals surface area (Å²) in [5.41, 5.74) is 2.50. The third-order valence-electron chi connectivity index (χ3n) is 7.08. The van der Waals surface area contributed by atoms with Crippen molar-refractivity contribution in [2.75, 3.05) is 32.9 Å². The Hall–Kier alpha value is -4.47. The fourth-order valence-corrected chi connectivity index (χ4v) is 6.03. The molecule has 3 aromatic rings. The van der Waals surface area contributed by atoms with Gasteiger partial charge in [-0.2, -0.15) is 5.26 Å². The normalized spacial score (nSPS) is 14.8. The summed E-state index contributed by atoms with van der Waals surface area (Å²) in [6.45, 7) is 2.61. The maximum Gasteiger partial charge on any atom is 0.270 e. The standard InChI is InChI=1S/C30H28N4O6S2/c1-17-20(13-26-29(36)34(30(41)42-26)15-19-6-8-23-25(12-19)40-16-39-23)27(33(2)28(35)21(17)14-31)32-10-9-18-5-7-22(37-3)24(11-18)38-4/h5-8,11-13,32H,9-10,15-16H2,1-4H3/b26-13+. The number of nitrogens with zero attached hydrogens (tertiary/aromatic N) is 3. The molecule has 10 nitrogen and oxygen atoms in total. The van der Waals surface area contributed by atoms with E-state index in [-0.39, 0.29) is 24.8 Å². The van der Waals surface area contributed by atoms with Crippen LogP contribution in [0.15, 0.2) is 46.1 Å². The van der Waals surface area contributed by atoms with E-state index in [0.717, 1.165) is 11.1 Å². The van der Waals surface area contributed by atoms with Crippen molar-refractivity contribution in [3.05, 3.63) is 79.5 Å². The van der Waals surface area contributed by atoms with Gasteiger partial charge in [-0.05, 0) is 60.4 Å². The van der Waals surface area contributed by atoms with Gasteiger partial charge in [0.05, 0.1) is 25.7 Å².